The van der Waals surface area contributed by atoms with Gasteiger partial charge in [0.15, 0.2) is 5.11 Å². The summed E-state index contributed by atoms with van der Waals surface area (Å²) in [7, 11) is 0. The molecular formula is C22H26N2O3S. The van der Waals surface area contributed by atoms with E-state index in [4.69, 9.17) is 21.7 Å². The number of amides is 1. The van der Waals surface area contributed by atoms with Crippen LogP contribution in [-0.4, -0.2) is 42.2 Å². The van der Waals surface area contributed by atoms with Gasteiger partial charge in [-0.1, -0.05) is 43.2 Å². The third-order valence-electron chi connectivity index (χ3n) is 4.60. The number of hydrogen-bond donors (Lipinski definition) is 1. The first-order valence-electron chi connectivity index (χ1n) is 9.74. The van der Waals surface area contributed by atoms with E-state index in [2.05, 4.69) is 10.2 Å². The van der Waals surface area contributed by atoms with Crippen LogP contribution in [0.3, 0.4) is 0 Å². The Morgan fingerprint density at radius 1 is 0.893 bits per heavy atom. The molecule has 28 heavy (non-hydrogen) atoms. The Morgan fingerprint density at radius 2 is 1.54 bits per heavy atom. The molecule has 2 aromatic carbocycles. The Labute approximate surface area is 171 Å². The van der Waals surface area contributed by atoms with Crippen LogP contribution in [0.4, 0.5) is 0 Å². The predicted molar refractivity (Wildman–Crippen MR) is 114 cm³/mol. The molecule has 1 amide bonds. The number of carbonyl (C=O) groups is 1. The summed E-state index contributed by atoms with van der Waals surface area (Å²) in [5.41, 5.74) is 0.472. The standard InChI is InChI=1S/C22H26N2O3S/c25-21(23-22(28)24-14-8-1-2-9-15-24)19-12-6-7-13-20(19)27-17-16-26-18-10-4-3-5-11-18/h3-7,10-13H,1-2,8-9,14-17H2,(H,23,25,28). The second kappa shape index (κ2) is 10.7. The molecular weight excluding hydrogens is 372 g/mol. The fraction of sp³-hybridized carbons (Fsp3) is 0.364. The lowest BCUT2D eigenvalue weighted by atomic mass is 10.2. The molecule has 2 aromatic rings. The number of para-hydroxylation sites is 2. The quantitative estimate of drug-likeness (QED) is 0.588. The highest BCUT2D eigenvalue weighted by Crippen LogP contribution is 2.18. The first kappa shape index (κ1) is 20.1. The van der Waals surface area contributed by atoms with Crippen molar-refractivity contribution in [1.29, 1.82) is 0 Å². The zero-order chi connectivity index (χ0) is 19.6. The molecule has 0 spiro atoms. The summed E-state index contributed by atoms with van der Waals surface area (Å²) in [5, 5.41) is 3.35. The highest BCUT2D eigenvalue weighted by atomic mass is 32.1. The maximum atomic E-state index is 12.7. The van der Waals surface area contributed by atoms with Crippen LogP contribution in [0.25, 0.3) is 0 Å². The molecule has 0 aliphatic carbocycles. The van der Waals surface area contributed by atoms with Gasteiger partial charge in [0, 0.05) is 13.1 Å². The third kappa shape index (κ3) is 5.96. The average molecular weight is 399 g/mol. The minimum absolute atomic E-state index is 0.242. The van der Waals surface area contributed by atoms with Crippen molar-refractivity contribution in [1.82, 2.24) is 10.2 Å². The summed E-state index contributed by atoms with van der Waals surface area (Å²) >= 11 is 5.45. The van der Waals surface area contributed by atoms with E-state index in [0.29, 0.717) is 29.6 Å². The lowest BCUT2D eigenvalue weighted by Gasteiger charge is -2.23. The molecule has 148 valence electrons. The van der Waals surface area contributed by atoms with Gasteiger partial charge < -0.3 is 14.4 Å². The number of rotatable bonds is 6. The van der Waals surface area contributed by atoms with Gasteiger partial charge in [-0.05, 0) is 49.3 Å². The molecule has 1 saturated heterocycles. The van der Waals surface area contributed by atoms with Gasteiger partial charge in [-0.2, -0.15) is 0 Å². The maximum Gasteiger partial charge on any atom is 0.261 e. The molecule has 1 heterocycles. The van der Waals surface area contributed by atoms with Gasteiger partial charge >= 0.3 is 0 Å². The Bertz CT molecular complexity index is 774. The molecule has 1 N–H and O–H groups in total. The fourth-order valence-electron chi connectivity index (χ4n) is 3.13. The Kier molecular flexibility index (Phi) is 7.67. The van der Waals surface area contributed by atoms with Crippen LogP contribution >= 0.6 is 12.2 Å². The van der Waals surface area contributed by atoms with Crippen LogP contribution in [-0.2, 0) is 0 Å². The summed E-state index contributed by atoms with van der Waals surface area (Å²) in [6, 6.07) is 16.8. The van der Waals surface area contributed by atoms with Crippen LogP contribution in [0.2, 0.25) is 0 Å². The summed E-state index contributed by atoms with van der Waals surface area (Å²) in [4.78, 5) is 14.8. The number of ether oxygens (including phenoxy) is 2. The van der Waals surface area contributed by atoms with Gasteiger partial charge in [0.1, 0.15) is 24.7 Å². The van der Waals surface area contributed by atoms with E-state index < -0.39 is 0 Å². The number of carbonyl (C=O) groups excluding carboxylic acids is 1. The van der Waals surface area contributed by atoms with Crippen molar-refractivity contribution in [2.45, 2.75) is 25.7 Å². The Balaban J connectivity index is 1.53. The second-order valence-electron chi connectivity index (χ2n) is 6.67. The molecule has 0 saturated carbocycles. The predicted octanol–water partition coefficient (Wildman–Crippen LogP) is 4.04. The van der Waals surface area contributed by atoms with Crippen molar-refractivity contribution in [3.8, 4) is 11.5 Å². The highest BCUT2D eigenvalue weighted by Gasteiger charge is 2.18. The van der Waals surface area contributed by atoms with Crippen molar-refractivity contribution in [3.63, 3.8) is 0 Å². The molecule has 3 rings (SSSR count). The monoisotopic (exact) mass is 398 g/mol. The van der Waals surface area contributed by atoms with Gasteiger partial charge in [-0.25, -0.2) is 0 Å². The third-order valence-corrected chi connectivity index (χ3v) is 4.96. The van der Waals surface area contributed by atoms with Gasteiger partial charge in [0.2, 0.25) is 0 Å². The Morgan fingerprint density at radius 3 is 2.29 bits per heavy atom. The van der Waals surface area contributed by atoms with Crippen molar-refractivity contribution in [2.75, 3.05) is 26.3 Å². The maximum absolute atomic E-state index is 12.7. The number of likely N-dealkylation sites (tertiary alicyclic amines) is 1. The summed E-state index contributed by atoms with van der Waals surface area (Å²) in [5.74, 6) is 1.07. The highest BCUT2D eigenvalue weighted by molar-refractivity contribution is 7.80. The number of thiocarbonyl (C=S) groups is 1. The van der Waals surface area contributed by atoms with E-state index in [-0.39, 0.29) is 5.91 Å². The second-order valence-corrected chi connectivity index (χ2v) is 7.05. The molecule has 1 aliphatic heterocycles. The van der Waals surface area contributed by atoms with Gasteiger partial charge in [-0.3, -0.25) is 10.1 Å². The lowest BCUT2D eigenvalue weighted by Crippen LogP contribution is -2.43. The van der Waals surface area contributed by atoms with Gasteiger partial charge in [0.25, 0.3) is 5.91 Å². The SMILES string of the molecule is O=C(NC(=S)N1CCCCCC1)c1ccccc1OCCOc1ccccc1. The van der Waals surface area contributed by atoms with E-state index in [1.54, 1.807) is 12.1 Å². The molecule has 5 nitrogen and oxygen atoms in total. The summed E-state index contributed by atoms with van der Waals surface area (Å²) in [6.07, 6.45) is 4.65. The number of nitrogens with one attached hydrogen (secondary N) is 1. The number of nitrogens with zero attached hydrogens (tertiary/aromatic N) is 1. The zero-order valence-corrected chi connectivity index (χ0v) is 16.7. The minimum atomic E-state index is -0.242. The van der Waals surface area contributed by atoms with E-state index in [1.165, 1.54) is 12.8 Å². The van der Waals surface area contributed by atoms with Crippen LogP contribution < -0.4 is 14.8 Å². The van der Waals surface area contributed by atoms with Crippen LogP contribution in [0.1, 0.15) is 36.0 Å². The molecule has 0 unspecified atom stereocenters. The minimum Gasteiger partial charge on any atom is -0.490 e. The largest absolute Gasteiger partial charge is 0.490 e. The molecule has 0 bridgehead atoms. The van der Waals surface area contributed by atoms with Crippen LogP contribution in [0.5, 0.6) is 11.5 Å². The summed E-state index contributed by atoms with van der Waals surface area (Å²) < 4.78 is 11.4. The molecule has 0 aromatic heterocycles. The normalized spacial score (nSPS) is 14.1. The lowest BCUT2D eigenvalue weighted by molar-refractivity contribution is 0.0968. The van der Waals surface area contributed by atoms with Crippen molar-refractivity contribution in [3.05, 3.63) is 60.2 Å². The fourth-order valence-corrected chi connectivity index (χ4v) is 3.40. The first-order valence-corrected chi connectivity index (χ1v) is 10.1. The topological polar surface area (TPSA) is 50.8 Å². The van der Waals surface area contributed by atoms with Gasteiger partial charge in [0.05, 0.1) is 5.56 Å². The molecule has 6 heteroatoms. The molecule has 0 atom stereocenters. The van der Waals surface area contributed by atoms with E-state index in [0.717, 1.165) is 31.7 Å². The van der Waals surface area contributed by atoms with Crippen molar-refractivity contribution >= 4 is 23.2 Å². The molecule has 1 aliphatic rings. The van der Waals surface area contributed by atoms with Crippen molar-refractivity contribution in [2.24, 2.45) is 0 Å². The van der Waals surface area contributed by atoms with E-state index in [9.17, 15) is 4.79 Å². The van der Waals surface area contributed by atoms with Crippen LogP contribution in [0.15, 0.2) is 54.6 Å². The molecule has 1 fully saturated rings. The zero-order valence-electron chi connectivity index (χ0n) is 15.9. The first-order chi connectivity index (χ1) is 13.7. The number of hydrogen-bond acceptors (Lipinski definition) is 4. The molecule has 0 radical (unpaired) electrons. The smallest absolute Gasteiger partial charge is 0.261 e. The average Bonchev–Trinajstić information content (AvgIpc) is 3.02. The van der Waals surface area contributed by atoms with Crippen molar-refractivity contribution < 1.29 is 14.3 Å². The van der Waals surface area contributed by atoms with E-state index >= 15 is 0 Å². The summed E-state index contributed by atoms with van der Waals surface area (Å²) in [6.45, 7) is 2.53. The van der Waals surface area contributed by atoms with Gasteiger partial charge in [-0.15, -0.1) is 0 Å². The Hall–Kier alpha value is -2.60. The number of benzene rings is 2. The van der Waals surface area contributed by atoms with E-state index in [1.807, 2.05) is 42.5 Å². The van der Waals surface area contributed by atoms with Crippen LogP contribution in [0, 0.1) is 0 Å².